The number of hydrogen-bond acceptors (Lipinski definition) is 6. The minimum Gasteiger partial charge on any atom is -0.493 e. The van der Waals surface area contributed by atoms with Gasteiger partial charge in [-0.25, -0.2) is 8.42 Å². The number of sulfonamides is 1. The first-order valence-corrected chi connectivity index (χ1v) is 15.4. The molecule has 0 amide bonds. The number of thiophene rings is 1. The van der Waals surface area contributed by atoms with Crippen LogP contribution < -0.4 is 19.5 Å². The molecule has 1 aliphatic carbocycles. The Kier molecular flexibility index (Phi) is 9.51. The number of nitrogens with one attached hydrogen (secondary N) is 2. The van der Waals surface area contributed by atoms with Crippen LogP contribution in [-0.4, -0.2) is 28.7 Å². The lowest BCUT2D eigenvalue weighted by Gasteiger charge is -2.21. The Labute approximate surface area is 225 Å². The lowest BCUT2D eigenvalue weighted by molar-refractivity contribution is 0.355. The fourth-order valence-electron chi connectivity index (χ4n) is 5.05. The van der Waals surface area contributed by atoms with Crippen molar-refractivity contribution < 1.29 is 17.9 Å². The summed E-state index contributed by atoms with van der Waals surface area (Å²) in [6, 6.07) is 17.0. The molecule has 2 N–H and O–H groups in total. The maximum atomic E-state index is 13.3. The fraction of sp³-hybridized carbons (Fsp3) is 0.448. The molecule has 4 rings (SSSR count). The first-order valence-electron chi connectivity index (χ1n) is 13.1. The smallest absolute Gasteiger partial charge is 0.271 e. The lowest BCUT2D eigenvalue weighted by atomic mass is 9.93. The van der Waals surface area contributed by atoms with Crippen LogP contribution in [0.1, 0.15) is 57.4 Å². The van der Waals surface area contributed by atoms with Crippen LogP contribution in [-0.2, 0) is 16.6 Å². The normalized spacial score (nSPS) is 15.6. The van der Waals surface area contributed by atoms with E-state index in [9.17, 15) is 8.42 Å². The number of benzene rings is 2. The van der Waals surface area contributed by atoms with Gasteiger partial charge in [0.05, 0.1) is 19.9 Å². The Balaban J connectivity index is 1.43. The minimum atomic E-state index is -3.73. The Morgan fingerprint density at radius 2 is 1.68 bits per heavy atom. The highest BCUT2D eigenvalue weighted by Crippen LogP contribution is 2.37. The monoisotopic (exact) mass is 542 g/mol. The third-order valence-corrected chi connectivity index (χ3v) is 10.1. The number of hydrogen-bond donors (Lipinski definition) is 2. The van der Waals surface area contributed by atoms with E-state index >= 15 is 0 Å². The molecule has 1 aromatic heterocycles. The van der Waals surface area contributed by atoms with Crippen molar-refractivity contribution in [2.45, 2.75) is 68.7 Å². The summed E-state index contributed by atoms with van der Waals surface area (Å²) in [5, 5.41) is 3.62. The molecule has 1 aliphatic rings. The summed E-state index contributed by atoms with van der Waals surface area (Å²) in [4.78, 5) is 0.837. The van der Waals surface area contributed by atoms with E-state index < -0.39 is 10.0 Å². The van der Waals surface area contributed by atoms with E-state index in [0.29, 0.717) is 29.8 Å². The van der Waals surface area contributed by atoms with Crippen LogP contribution in [0.4, 0.5) is 5.69 Å². The standard InChI is InChI=1S/C29H38N2O4S2/c1-21(18-22-10-6-4-5-7-11-22)30-20-24-12-8-9-13-25(24)31-37(32,33)29-17-16-28(36-29)23-14-15-26(34-2)27(19-23)35-3/h8-9,12-17,19,21-22,30-31H,4-7,10-11,18,20H2,1-3H3/t21-/m0/s1. The topological polar surface area (TPSA) is 76.7 Å². The molecular weight excluding hydrogens is 504 g/mol. The molecular formula is C29H38N2O4S2. The molecule has 0 radical (unpaired) electrons. The Hall–Kier alpha value is -2.55. The van der Waals surface area contributed by atoms with E-state index in [1.54, 1.807) is 20.3 Å². The minimum absolute atomic E-state index is 0.266. The van der Waals surface area contributed by atoms with Crippen molar-refractivity contribution in [2.24, 2.45) is 5.92 Å². The molecule has 0 bridgehead atoms. The predicted molar refractivity (Wildman–Crippen MR) is 152 cm³/mol. The summed E-state index contributed by atoms with van der Waals surface area (Å²) in [5.74, 6) is 2.02. The molecule has 1 heterocycles. The van der Waals surface area contributed by atoms with Gasteiger partial charge in [-0.15, -0.1) is 11.3 Å². The van der Waals surface area contributed by atoms with Crippen LogP contribution in [0.2, 0.25) is 0 Å². The van der Waals surface area contributed by atoms with Gasteiger partial charge in [0.2, 0.25) is 0 Å². The van der Waals surface area contributed by atoms with Crippen LogP contribution in [0.25, 0.3) is 10.4 Å². The number of rotatable bonds is 11. The summed E-state index contributed by atoms with van der Waals surface area (Å²) in [6.45, 7) is 2.85. The molecule has 8 heteroatoms. The molecule has 0 unspecified atom stereocenters. The average Bonchev–Trinajstić information content (AvgIpc) is 3.28. The first kappa shape index (κ1) is 27.5. The predicted octanol–water partition coefficient (Wildman–Crippen LogP) is 7.07. The van der Waals surface area contributed by atoms with Gasteiger partial charge < -0.3 is 14.8 Å². The van der Waals surface area contributed by atoms with E-state index in [1.807, 2.05) is 48.5 Å². The third kappa shape index (κ3) is 7.27. The van der Waals surface area contributed by atoms with E-state index in [-0.39, 0.29) is 4.21 Å². The zero-order chi connectivity index (χ0) is 26.3. The van der Waals surface area contributed by atoms with Crippen LogP contribution in [0, 0.1) is 5.92 Å². The van der Waals surface area contributed by atoms with Crippen LogP contribution in [0.3, 0.4) is 0 Å². The van der Waals surface area contributed by atoms with Crippen molar-refractivity contribution in [3.8, 4) is 21.9 Å². The Morgan fingerprint density at radius 3 is 2.41 bits per heavy atom. The molecule has 37 heavy (non-hydrogen) atoms. The SMILES string of the molecule is COc1ccc(-c2ccc(S(=O)(=O)Nc3ccccc3CN[C@@H](C)CC3CCCCCC3)s2)cc1OC. The van der Waals surface area contributed by atoms with Crippen molar-refractivity contribution in [3.05, 3.63) is 60.2 Å². The molecule has 3 aromatic rings. The Morgan fingerprint density at radius 1 is 0.946 bits per heavy atom. The molecule has 1 atom stereocenters. The van der Waals surface area contributed by atoms with Gasteiger partial charge in [0.15, 0.2) is 11.5 Å². The molecule has 200 valence electrons. The van der Waals surface area contributed by atoms with Crippen LogP contribution in [0.15, 0.2) is 58.8 Å². The number of methoxy groups -OCH3 is 2. The largest absolute Gasteiger partial charge is 0.493 e. The van der Waals surface area contributed by atoms with Crippen molar-refractivity contribution in [3.63, 3.8) is 0 Å². The molecule has 1 saturated carbocycles. The zero-order valence-electron chi connectivity index (χ0n) is 22.0. The van der Waals surface area contributed by atoms with Crippen molar-refractivity contribution in [1.82, 2.24) is 5.32 Å². The summed E-state index contributed by atoms with van der Waals surface area (Å²) in [7, 11) is -0.560. The van der Waals surface area contributed by atoms with Gasteiger partial charge in [-0.2, -0.15) is 0 Å². The molecule has 6 nitrogen and oxygen atoms in total. The van der Waals surface area contributed by atoms with E-state index in [2.05, 4.69) is 17.0 Å². The fourth-order valence-corrected chi connectivity index (χ4v) is 7.45. The van der Waals surface area contributed by atoms with Gasteiger partial charge in [-0.3, -0.25) is 4.72 Å². The highest BCUT2D eigenvalue weighted by molar-refractivity contribution is 7.94. The van der Waals surface area contributed by atoms with Gasteiger partial charge in [0, 0.05) is 17.5 Å². The van der Waals surface area contributed by atoms with Gasteiger partial charge in [-0.05, 0) is 66.8 Å². The van der Waals surface area contributed by atoms with Gasteiger partial charge in [-0.1, -0.05) is 56.7 Å². The summed E-state index contributed by atoms with van der Waals surface area (Å²) in [6.07, 6.45) is 9.25. The maximum Gasteiger partial charge on any atom is 0.271 e. The second kappa shape index (κ2) is 12.8. The molecule has 0 saturated heterocycles. The van der Waals surface area contributed by atoms with Crippen LogP contribution in [0.5, 0.6) is 11.5 Å². The second-order valence-corrected chi connectivity index (χ2v) is 12.8. The van der Waals surface area contributed by atoms with Crippen LogP contribution >= 0.6 is 11.3 Å². The highest BCUT2D eigenvalue weighted by atomic mass is 32.2. The molecule has 1 fully saturated rings. The van der Waals surface area contributed by atoms with Crippen molar-refractivity contribution in [1.29, 1.82) is 0 Å². The number of ether oxygens (including phenoxy) is 2. The summed E-state index contributed by atoms with van der Waals surface area (Å²) in [5.41, 5.74) is 2.42. The highest BCUT2D eigenvalue weighted by Gasteiger charge is 2.20. The van der Waals surface area contributed by atoms with E-state index in [0.717, 1.165) is 21.9 Å². The molecule has 0 aliphatic heterocycles. The van der Waals surface area contributed by atoms with Gasteiger partial charge in [0.25, 0.3) is 10.0 Å². The summed E-state index contributed by atoms with van der Waals surface area (Å²) >= 11 is 1.23. The van der Waals surface area contributed by atoms with Gasteiger partial charge >= 0.3 is 0 Å². The van der Waals surface area contributed by atoms with Crippen molar-refractivity contribution >= 4 is 27.0 Å². The third-order valence-electron chi connectivity index (χ3n) is 7.08. The second-order valence-electron chi connectivity index (χ2n) is 9.83. The number of para-hydroxylation sites is 1. The number of anilines is 1. The Bertz CT molecular complexity index is 1260. The maximum absolute atomic E-state index is 13.3. The quantitative estimate of drug-likeness (QED) is 0.253. The average molecular weight is 543 g/mol. The lowest BCUT2D eigenvalue weighted by Crippen LogP contribution is -2.28. The molecule has 2 aromatic carbocycles. The van der Waals surface area contributed by atoms with E-state index in [1.165, 1.54) is 56.3 Å². The molecule has 0 spiro atoms. The first-order chi connectivity index (χ1) is 17.9. The van der Waals surface area contributed by atoms with Crippen molar-refractivity contribution in [2.75, 3.05) is 18.9 Å². The zero-order valence-corrected chi connectivity index (χ0v) is 23.6. The van der Waals surface area contributed by atoms with Gasteiger partial charge in [0.1, 0.15) is 4.21 Å². The summed E-state index contributed by atoms with van der Waals surface area (Å²) < 4.78 is 40.4. The van der Waals surface area contributed by atoms with E-state index in [4.69, 9.17) is 9.47 Å².